The molecule has 0 fully saturated rings. The van der Waals surface area contributed by atoms with Crippen molar-refractivity contribution in [1.82, 2.24) is 4.98 Å². The smallest absolute Gasteiger partial charge is 0.182 e. The molecule has 0 bridgehead atoms. The van der Waals surface area contributed by atoms with Gasteiger partial charge in [0.05, 0.1) is 5.60 Å². The minimum absolute atomic E-state index is 0.475. The van der Waals surface area contributed by atoms with Gasteiger partial charge in [-0.25, -0.2) is 4.98 Å². The maximum absolute atomic E-state index is 10.6. The van der Waals surface area contributed by atoms with Crippen molar-refractivity contribution in [3.8, 4) is 11.1 Å². The highest BCUT2D eigenvalue weighted by atomic mass is 35.5. The predicted molar refractivity (Wildman–Crippen MR) is 88.8 cm³/mol. The SMILES string of the molecule is Cc1c(Cl)cccc1-c1c(C(C)(C)O)c(N)cc2ncoc12. The summed E-state index contributed by atoms with van der Waals surface area (Å²) in [5.41, 5.74) is 9.90. The molecule has 0 aliphatic heterocycles. The van der Waals surface area contributed by atoms with Crippen molar-refractivity contribution in [1.29, 1.82) is 0 Å². The quantitative estimate of drug-likeness (QED) is 0.693. The molecule has 22 heavy (non-hydrogen) atoms. The Hall–Kier alpha value is -2.04. The fourth-order valence-electron chi connectivity index (χ4n) is 2.82. The van der Waals surface area contributed by atoms with Crippen LogP contribution in [-0.2, 0) is 5.60 Å². The van der Waals surface area contributed by atoms with E-state index in [4.69, 9.17) is 21.8 Å². The summed E-state index contributed by atoms with van der Waals surface area (Å²) in [5.74, 6) is 0. The monoisotopic (exact) mass is 316 g/mol. The van der Waals surface area contributed by atoms with E-state index in [9.17, 15) is 5.11 Å². The van der Waals surface area contributed by atoms with Crippen LogP contribution in [0.15, 0.2) is 35.1 Å². The Labute approximate surface area is 133 Å². The normalized spacial score (nSPS) is 12.0. The van der Waals surface area contributed by atoms with E-state index in [2.05, 4.69) is 4.98 Å². The van der Waals surface area contributed by atoms with Gasteiger partial charge in [-0.05, 0) is 44.0 Å². The lowest BCUT2D eigenvalue weighted by Crippen LogP contribution is -2.19. The first-order chi connectivity index (χ1) is 10.3. The molecule has 114 valence electrons. The van der Waals surface area contributed by atoms with Gasteiger partial charge in [-0.2, -0.15) is 0 Å². The zero-order valence-electron chi connectivity index (χ0n) is 12.6. The highest BCUT2D eigenvalue weighted by Gasteiger charge is 2.28. The Kier molecular flexibility index (Phi) is 3.38. The van der Waals surface area contributed by atoms with Crippen LogP contribution in [0, 0.1) is 6.92 Å². The highest BCUT2D eigenvalue weighted by Crippen LogP contribution is 2.43. The lowest BCUT2D eigenvalue weighted by molar-refractivity contribution is 0.0800. The first kappa shape index (κ1) is 14.9. The van der Waals surface area contributed by atoms with Crippen molar-refractivity contribution in [2.75, 3.05) is 5.73 Å². The molecule has 3 N–H and O–H groups in total. The molecule has 0 saturated heterocycles. The molecule has 4 nitrogen and oxygen atoms in total. The number of oxazole rings is 1. The molecule has 5 heteroatoms. The molecule has 3 aromatic rings. The van der Waals surface area contributed by atoms with Gasteiger partial charge in [0.25, 0.3) is 0 Å². The fourth-order valence-corrected chi connectivity index (χ4v) is 2.99. The second-order valence-electron chi connectivity index (χ2n) is 5.89. The number of halogens is 1. The van der Waals surface area contributed by atoms with Crippen molar-refractivity contribution in [2.24, 2.45) is 0 Å². The van der Waals surface area contributed by atoms with Crippen LogP contribution in [0.25, 0.3) is 22.2 Å². The van der Waals surface area contributed by atoms with E-state index in [0.29, 0.717) is 27.4 Å². The second-order valence-corrected chi connectivity index (χ2v) is 6.30. The molecule has 2 aromatic carbocycles. The maximum Gasteiger partial charge on any atom is 0.182 e. The highest BCUT2D eigenvalue weighted by molar-refractivity contribution is 6.31. The number of nitrogen functional groups attached to an aromatic ring is 1. The van der Waals surface area contributed by atoms with E-state index in [-0.39, 0.29) is 0 Å². The first-order valence-electron chi connectivity index (χ1n) is 6.94. The summed E-state index contributed by atoms with van der Waals surface area (Å²) in [6.45, 7) is 5.33. The molecule has 0 aliphatic rings. The summed E-state index contributed by atoms with van der Waals surface area (Å²) in [7, 11) is 0. The summed E-state index contributed by atoms with van der Waals surface area (Å²) in [4.78, 5) is 4.18. The Morgan fingerprint density at radius 1 is 1.32 bits per heavy atom. The lowest BCUT2D eigenvalue weighted by Gasteiger charge is -2.24. The largest absolute Gasteiger partial charge is 0.443 e. The molecule has 0 aliphatic carbocycles. The Morgan fingerprint density at radius 3 is 2.73 bits per heavy atom. The van der Waals surface area contributed by atoms with Crippen LogP contribution in [0.1, 0.15) is 25.0 Å². The Morgan fingerprint density at radius 2 is 2.05 bits per heavy atom. The van der Waals surface area contributed by atoms with Gasteiger partial charge < -0.3 is 15.3 Å². The van der Waals surface area contributed by atoms with Gasteiger partial charge in [-0.15, -0.1) is 0 Å². The summed E-state index contributed by atoms with van der Waals surface area (Å²) in [6, 6.07) is 7.35. The summed E-state index contributed by atoms with van der Waals surface area (Å²) in [6.07, 6.45) is 1.38. The molecule has 0 spiro atoms. The number of rotatable bonds is 2. The number of anilines is 1. The molecule has 0 unspecified atom stereocenters. The molecule has 0 radical (unpaired) electrons. The molecule has 0 saturated carbocycles. The summed E-state index contributed by atoms with van der Waals surface area (Å²) in [5, 5.41) is 11.2. The lowest BCUT2D eigenvalue weighted by atomic mass is 9.86. The Bertz CT molecular complexity index is 863. The predicted octanol–water partition coefficient (Wildman–Crippen LogP) is 4.27. The average molecular weight is 317 g/mol. The number of nitrogens with zero attached hydrogens (tertiary/aromatic N) is 1. The standard InChI is InChI=1S/C17H17ClN2O2/c1-9-10(5-4-6-11(9)18)14-15(17(2,3)21)12(19)7-13-16(14)22-8-20-13/h4-8,21H,19H2,1-3H3. The maximum atomic E-state index is 10.6. The van der Waals surface area contributed by atoms with Crippen molar-refractivity contribution >= 4 is 28.4 Å². The van der Waals surface area contributed by atoms with Crippen molar-refractivity contribution in [3.05, 3.63) is 46.8 Å². The fraction of sp³-hybridized carbons (Fsp3) is 0.235. The van der Waals surface area contributed by atoms with Gasteiger partial charge >= 0.3 is 0 Å². The number of aromatic nitrogens is 1. The number of benzene rings is 2. The molecule has 1 heterocycles. The van der Waals surface area contributed by atoms with E-state index in [1.165, 1.54) is 6.39 Å². The molecule has 0 amide bonds. The first-order valence-corrected chi connectivity index (χ1v) is 7.32. The molecule has 1 aromatic heterocycles. The van der Waals surface area contributed by atoms with Gasteiger partial charge in [-0.1, -0.05) is 23.7 Å². The van der Waals surface area contributed by atoms with Gasteiger partial charge in [0.15, 0.2) is 12.0 Å². The van der Waals surface area contributed by atoms with Crippen molar-refractivity contribution in [3.63, 3.8) is 0 Å². The van der Waals surface area contributed by atoms with Crippen LogP contribution in [-0.4, -0.2) is 10.1 Å². The van der Waals surface area contributed by atoms with Crippen molar-refractivity contribution < 1.29 is 9.52 Å². The van der Waals surface area contributed by atoms with Crippen molar-refractivity contribution in [2.45, 2.75) is 26.4 Å². The van der Waals surface area contributed by atoms with Crippen LogP contribution in [0.3, 0.4) is 0 Å². The summed E-state index contributed by atoms with van der Waals surface area (Å²) >= 11 is 6.26. The van der Waals surface area contributed by atoms with Crippen LogP contribution < -0.4 is 5.73 Å². The number of aliphatic hydroxyl groups is 1. The summed E-state index contributed by atoms with van der Waals surface area (Å²) < 4.78 is 5.57. The average Bonchev–Trinajstić information content (AvgIpc) is 2.87. The topological polar surface area (TPSA) is 72.3 Å². The minimum atomic E-state index is -1.13. The van der Waals surface area contributed by atoms with Gasteiger partial charge in [-0.3, -0.25) is 0 Å². The third kappa shape index (κ3) is 2.25. The molecule has 3 rings (SSSR count). The van der Waals surface area contributed by atoms with Gasteiger partial charge in [0, 0.05) is 21.8 Å². The van der Waals surface area contributed by atoms with E-state index in [1.807, 2.05) is 25.1 Å². The van der Waals surface area contributed by atoms with Crippen LogP contribution >= 0.6 is 11.6 Å². The minimum Gasteiger partial charge on any atom is -0.443 e. The number of nitrogens with two attached hydrogens (primary N) is 1. The van der Waals surface area contributed by atoms with E-state index in [1.54, 1.807) is 19.9 Å². The van der Waals surface area contributed by atoms with E-state index < -0.39 is 5.60 Å². The zero-order chi connectivity index (χ0) is 16.1. The van der Waals surface area contributed by atoms with E-state index >= 15 is 0 Å². The van der Waals surface area contributed by atoms with E-state index in [0.717, 1.165) is 16.7 Å². The van der Waals surface area contributed by atoms with Crippen LogP contribution in [0.5, 0.6) is 0 Å². The molecular formula is C17H17ClN2O2. The number of hydrogen-bond acceptors (Lipinski definition) is 4. The zero-order valence-corrected chi connectivity index (χ0v) is 13.4. The second kappa shape index (κ2) is 5.00. The van der Waals surface area contributed by atoms with Gasteiger partial charge in [0.1, 0.15) is 5.52 Å². The number of hydrogen-bond donors (Lipinski definition) is 2. The molecule has 0 atom stereocenters. The van der Waals surface area contributed by atoms with Crippen LogP contribution in [0.4, 0.5) is 5.69 Å². The van der Waals surface area contributed by atoms with Gasteiger partial charge in [0.2, 0.25) is 0 Å². The Balaban J connectivity index is 2.50. The third-order valence-corrected chi connectivity index (χ3v) is 4.21. The number of fused-ring (bicyclic) bond motifs is 1. The van der Waals surface area contributed by atoms with Crippen LogP contribution in [0.2, 0.25) is 5.02 Å². The third-order valence-electron chi connectivity index (χ3n) is 3.80. The molecular weight excluding hydrogens is 300 g/mol.